The molecule has 0 aromatic heterocycles. The normalized spacial score (nSPS) is 16.9. The lowest BCUT2D eigenvalue weighted by Crippen LogP contribution is -2.46. The fourth-order valence-electron chi connectivity index (χ4n) is 2.64. The second-order valence-electron chi connectivity index (χ2n) is 5.41. The van der Waals surface area contributed by atoms with Gasteiger partial charge in [0.1, 0.15) is 5.75 Å². The van der Waals surface area contributed by atoms with Gasteiger partial charge in [0, 0.05) is 44.7 Å². The molecular weight excluding hydrogens is 266 g/mol. The third-order valence-electron chi connectivity index (χ3n) is 4.12. The average Bonchev–Trinajstić information content (AvgIpc) is 2.53. The van der Waals surface area contributed by atoms with Crippen molar-refractivity contribution in [3.05, 3.63) is 23.8 Å². The zero-order chi connectivity index (χ0) is 15.2. The van der Waals surface area contributed by atoms with Crippen molar-refractivity contribution >= 4 is 11.5 Å². The third-order valence-corrected chi connectivity index (χ3v) is 4.12. The average molecular weight is 291 g/mol. The summed E-state index contributed by atoms with van der Waals surface area (Å²) in [7, 11) is 1.57. The van der Waals surface area contributed by atoms with Crippen molar-refractivity contribution in [2.24, 2.45) is 0 Å². The minimum Gasteiger partial charge on any atom is -0.495 e. The number of nitrogens with zero attached hydrogens (tertiary/aromatic N) is 2. The fraction of sp³-hybridized carbons (Fsp3) is 0.562. The molecule has 0 amide bonds. The zero-order valence-corrected chi connectivity index (χ0v) is 13.0. The van der Waals surface area contributed by atoms with E-state index in [2.05, 4.69) is 16.7 Å². The van der Waals surface area contributed by atoms with Crippen LogP contribution in [0.4, 0.5) is 5.69 Å². The molecule has 0 saturated carbocycles. The first-order valence-corrected chi connectivity index (χ1v) is 7.55. The molecule has 1 fully saturated rings. The Balaban J connectivity index is 1.83. The molecule has 0 aliphatic carbocycles. The minimum absolute atomic E-state index is 0.141. The molecule has 0 radical (unpaired) electrons. The summed E-state index contributed by atoms with van der Waals surface area (Å²) < 4.78 is 5.11. The predicted molar refractivity (Wildman–Crippen MR) is 84.9 cm³/mol. The largest absolute Gasteiger partial charge is 0.495 e. The highest BCUT2D eigenvalue weighted by Gasteiger charge is 2.16. The van der Waals surface area contributed by atoms with E-state index in [-0.39, 0.29) is 5.78 Å². The Kier molecular flexibility index (Phi) is 5.59. The Morgan fingerprint density at radius 3 is 2.48 bits per heavy atom. The number of carbonyl (C=O) groups excluding carboxylic acids is 1. The highest BCUT2D eigenvalue weighted by molar-refractivity contribution is 5.97. The number of rotatable bonds is 6. The van der Waals surface area contributed by atoms with E-state index in [9.17, 15) is 4.79 Å². The lowest BCUT2D eigenvalue weighted by atomic mass is 10.1. The van der Waals surface area contributed by atoms with E-state index in [0.29, 0.717) is 23.4 Å². The van der Waals surface area contributed by atoms with Gasteiger partial charge >= 0.3 is 0 Å². The lowest BCUT2D eigenvalue weighted by molar-refractivity contribution is 0.0932. The van der Waals surface area contributed by atoms with Crippen LogP contribution in [0.2, 0.25) is 0 Å². The number of likely N-dealkylation sites (N-methyl/N-ethyl adjacent to an activating group) is 1. The maximum absolute atomic E-state index is 12.2. The maximum atomic E-state index is 12.2. The summed E-state index contributed by atoms with van der Waals surface area (Å²) in [4.78, 5) is 17.0. The van der Waals surface area contributed by atoms with Gasteiger partial charge in [-0.1, -0.05) is 6.92 Å². The van der Waals surface area contributed by atoms with Gasteiger partial charge in [0.2, 0.25) is 0 Å². The number of methoxy groups -OCH3 is 1. The Morgan fingerprint density at radius 2 is 1.90 bits per heavy atom. The number of ketones is 1. The monoisotopic (exact) mass is 291 g/mol. The van der Waals surface area contributed by atoms with E-state index in [1.165, 1.54) is 0 Å². The molecule has 2 rings (SSSR count). The number of Topliss-reactive ketones (excluding diaryl/α,β-unsaturated/α-hetero) is 1. The Morgan fingerprint density at radius 1 is 1.24 bits per heavy atom. The molecule has 116 valence electrons. The zero-order valence-electron chi connectivity index (χ0n) is 13.0. The smallest absolute Gasteiger partial charge is 0.164 e. The highest BCUT2D eigenvalue weighted by atomic mass is 16.5. The number of benzene rings is 1. The lowest BCUT2D eigenvalue weighted by Gasteiger charge is -2.33. The van der Waals surface area contributed by atoms with Gasteiger partial charge in [0.05, 0.1) is 12.8 Å². The van der Waals surface area contributed by atoms with Crippen LogP contribution < -0.4 is 10.5 Å². The van der Waals surface area contributed by atoms with Crippen LogP contribution in [0.5, 0.6) is 5.75 Å². The number of ether oxygens (including phenoxy) is 1. The summed E-state index contributed by atoms with van der Waals surface area (Å²) in [6, 6.07) is 5.24. The summed E-state index contributed by atoms with van der Waals surface area (Å²) in [5, 5.41) is 0. The van der Waals surface area contributed by atoms with Gasteiger partial charge in [-0.25, -0.2) is 0 Å². The summed E-state index contributed by atoms with van der Waals surface area (Å²) in [5.74, 6) is 0.754. The fourth-order valence-corrected chi connectivity index (χ4v) is 2.64. The van der Waals surface area contributed by atoms with Crippen molar-refractivity contribution in [1.82, 2.24) is 9.80 Å². The standard InChI is InChI=1S/C16H25N3O2/c1-3-18-8-10-19(11-9-18)7-6-15(20)13-4-5-16(21-2)14(17)12-13/h4-5,12H,3,6-11,17H2,1-2H3. The highest BCUT2D eigenvalue weighted by Crippen LogP contribution is 2.22. The van der Waals surface area contributed by atoms with E-state index >= 15 is 0 Å². The third kappa shape index (κ3) is 4.19. The van der Waals surface area contributed by atoms with Crippen LogP contribution in [0.1, 0.15) is 23.7 Å². The van der Waals surface area contributed by atoms with E-state index in [1.54, 1.807) is 25.3 Å². The number of nitrogens with two attached hydrogens (primary N) is 1. The molecule has 2 N–H and O–H groups in total. The predicted octanol–water partition coefficient (Wildman–Crippen LogP) is 1.49. The van der Waals surface area contributed by atoms with Crippen LogP contribution in [0.25, 0.3) is 0 Å². The molecule has 1 aliphatic heterocycles. The second kappa shape index (κ2) is 7.43. The number of hydrogen-bond donors (Lipinski definition) is 1. The quantitative estimate of drug-likeness (QED) is 0.635. The van der Waals surface area contributed by atoms with E-state index in [0.717, 1.165) is 39.3 Å². The topological polar surface area (TPSA) is 58.8 Å². The number of nitrogen functional groups attached to an aromatic ring is 1. The number of carbonyl (C=O) groups is 1. The first-order valence-electron chi connectivity index (χ1n) is 7.55. The van der Waals surface area contributed by atoms with Crippen LogP contribution in [-0.4, -0.2) is 62.0 Å². The van der Waals surface area contributed by atoms with Crippen LogP contribution in [0, 0.1) is 0 Å². The first kappa shape index (κ1) is 15.8. The van der Waals surface area contributed by atoms with Gasteiger partial charge in [-0.2, -0.15) is 0 Å². The Bertz CT molecular complexity index is 482. The molecule has 1 aromatic carbocycles. The molecule has 1 aromatic rings. The van der Waals surface area contributed by atoms with Crippen molar-refractivity contribution in [1.29, 1.82) is 0 Å². The minimum atomic E-state index is 0.141. The van der Waals surface area contributed by atoms with Crippen molar-refractivity contribution in [2.45, 2.75) is 13.3 Å². The van der Waals surface area contributed by atoms with E-state index < -0.39 is 0 Å². The van der Waals surface area contributed by atoms with Crippen LogP contribution in [0.3, 0.4) is 0 Å². The Labute approximate surface area is 126 Å². The first-order chi connectivity index (χ1) is 10.1. The van der Waals surface area contributed by atoms with Crippen LogP contribution in [-0.2, 0) is 0 Å². The van der Waals surface area contributed by atoms with Gasteiger partial charge in [-0.15, -0.1) is 0 Å². The molecule has 0 bridgehead atoms. The summed E-state index contributed by atoms with van der Waals surface area (Å²) in [6.07, 6.45) is 0.540. The van der Waals surface area contributed by atoms with Gasteiger partial charge in [0.25, 0.3) is 0 Å². The SMILES string of the molecule is CCN1CCN(CCC(=O)c2ccc(OC)c(N)c2)CC1. The maximum Gasteiger partial charge on any atom is 0.164 e. The molecule has 0 unspecified atom stereocenters. The molecule has 1 heterocycles. The molecule has 1 saturated heterocycles. The van der Waals surface area contributed by atoms with Crippen molar-refractivity contribution in [3.8, 4) is 5.75 Å². The van der Waals surface area contributed by atoms with Crippen molar-refractivity contribution < 1.29 is 9.53 Å². The molecule has 0 atom stereocenters. The molecule has 21 heavy (non-hydrogen) atoms. The van der Waals surface area contributed by atoms with E-state index in [1.807, 2.05) is 0 Å². The molecule has 5 nitrogen and oxygen atoms in total. The molecule has 1 aliphatic rings. The summed E-state index contributed by atoms with van der Waals surface area (Å²) >= 11 is 0. The van der Waals surface area contributed by atoms with Gasteiger partial charge < -0.3 is 20.3 Å². The van der Waals surface area contributed by atoms with Crippen molar-refractivity contribution in [2.75, 3.05) is 52.1 Å². The number of piperazine rings is 1. The number of anilines is 1. The second-order valence-corrected chi connectivity index (χ2v) is 5.41. The molecular formula is C16H25N3O2. The number of hydrogen-bond acceptors (Lipinski definition) is 5. The van der Waals surface area contributed by atoms with E-state index in [4.69, 9.17) is 10.5 Å². The van der Waals surface area contributed by atoms with Gasteiger partial charge in [0.15, 0.2) is 5.78 Å². The Hall–Kier alpha value is -1.59. The molecule has 0 spiro atoms. The van der Waals surface area contributed by atoms with Crippen LogP contribution >= 0.6 is 0 Å². The van der Waals surface area contributed by atoms with Crippen LogP contribution in [0.15, 0.2) is 18.2 Å². The summed E-state index contributed by atoms with van der Waals surface area (Å²) in [6.45, 7) is 8.41. The summed E-state index contributed by atoms with van der Waals surface area (Å²) in [5.41, 5.74) is 7.03. The molecule has 5 heteroatoms. The van der Waals surface area contributed by atoms with Gasteiger partial charge in [-0.3, -0.25) is 4.79 Å². The van der Waals surface area contributed by atoms with Gasteiger partial charge in [-0.05, 0) is 24.7 Å². The van der Waals surface area contributed by atoms with Crippen molar-refractivity contribution in [3.63, 3.8) is 0 Å².